The molecule has 0 fully saturated rings. The number of aromatic amines is 1. The zero-order chi connectivity index (χ0) is 19.0. The minimum atomic E-state index is 0.0133. The molecule has 138 valence electrons. The van der Waals surface area contributed by atoms with Crippen molar-refractivity contribution < 1.29 is 4.79 Å². The molecule has 1 aromatic carbocycles. The Balaban J connectivity index is 1.50. The van der Waals surface area contributed by atoms with Gasteiger partial charge < -0.3 is 14.8 Å². The van der Waals surface area contributed by atoms with Crippen molar-refractivity contribution in [3.05, 3.63) is 59.1 Å². The minimum absolute atomic E-state index is 0.0133. The molecule has 4 rings (SSSR count). The van der Waals surface area contributed by atoms with Crippen LogP contribution in [0.3, 0.4) is 0 Å². The highest BCUT2D eigenvalue weighted by molar-refractivity contribution is 5.93. The van der Waals surface area contributed by atoms with Crippen LogP contribution in [0.5, 0.6) is 0 Å². The number of hydrogen-bond acceptors (Lipinski definition) is 4. The van der Waals surface area contributed by atoms with E-state index in [4.69, 9.17) is 0 Å². The average molecular weight is 361 g/mol. The van der Waals surface area contributed by atoms with E-state index in [9.17, 15) is 4.79 Å². The molecule has 6 nitrogen and oxygen atoms in total. The number of fused-ring (bicyclic) bond motifs is 3. The second-order valence-corrected chi connectivity index (χ2v) is 7.19. The summed E-state index contributed by atoms with van der Waals surface area (Å²) in [7, 11) is 3.79. The summed E-state index contributed by atoms with van der Waals surface area (Å²) in [5.41, 5.74) is 5.67. The Morgan fingerprint density at radius 1 is 1.26 bits per heavy atom. The maximum atomic E-state index is 12.7. The molecule has 0 aliphatic carbocycles. The van der Waals surface area contributed by atoms with Gasteiger partial charge in [0.1, 0.15) is 0 Å². The van der Waals surface area contributed by atoms with Crippen molar-refractivity contribution in [2.24, 2.45) is 0 Å². The molecular formula is C21H23N5O. The first-order chi connectivity index (χ1) is 13.0. The van der Waals surface area contributed by atoms with E-state index in [1.54, 1.807) is 24.5 Å². The van der Waals surface area contributed by atoms with E-state index in [-0.39, 0.29) is 5.91 Å². The lowest BCUT2D eigenvalue weighted by Crippen LogP contribution is -2.34. The van der Waals surface area contributed by atoms with E-state index < -0.39 is 0 Å². The third-order valence-corrected chi connectivity index (χ3v) is 4.92. The van der Waals surface area contributed by atoms with Gasteiger partial charge in [0.25, 0.3) is 0 Å². The number of amides is 1. The summed E-state index contributed by atoms with van der Waals surface area (Å²) in [6, 6.07) is 6.42. The fourth-order valence-electron chi connectivity index (χ4n) is 3.44. The Hall–Kier alpha value is -3.15. The second kappa shape index (κ2) is 6.87. The lowest BCUT2D eigenvalue weighted by atomic mass is 10.0. The van der Waals surface area contributed by atoms with Gasteiger partial charge in [0.2, 0.25) is 11.9 Å². The standard InChI is InChI=1S/C21H23N5O/c1-14-4-6-18-16(10-14)17-13-26(9-8-19(17)24-18)20(27)7-5-15-11-22-21(23-12-15)25(2)3/h4-7,10-12,24H,8-9,13H2,1-3H3/b7-5+. The van der Waals surface area contributed by atoms with E-state index >= 15 is 0 Å². The Morgan fingerprint density at radius 3 is 2.78 bits per heavy atom. The molecule has 1 N–H and O–H groups in total. The maximum absolute atomic E-state index is 12.7. The number of H-pyrrole nitrogens is 1. The SMILES string of the molecule is Cc1ccc2[nH]c3c(c2c1)CN(C(=O)/C=C/c1cnc(N(C)C)nc1)CC3. The van der Waals surface area contributed by atoms with Crippen molar-refractivity contribution in [3.63, 3.8) is 0 Å². The van der Waals surface area contributed by atoms with Gasteiger partial charge in [-0.15, -0.1) is 0 Å². The number of rotatable bonds is 3. The average Bonchev–Trinajstić information content (AvgIpc) is 3.03. The Labute approximate surface area is 158 Å². The molecule has 0 saturated carbocycles. The number of aromatic nitrogens is 3. The molecule has 0 atom stereocenters. The monoisotopic (exact) mass is 361 g/mol. The quantitative estimate of drug-likeness (QED) is 0.729. The molecule has 27 heavy (non-hydrogen) atoms. The molecule has 6 heteroatoms. The Morgan fingerprint density at radius 2 is 2.04 bits per heavy atom. The van der Waals surface area contributed by atoms with Crippen molar-refractivity contribution in [2.75, 3.05) is 25.5 Å². The highest BCUT2D eigenvalue weighted by Crippen LogP contribution is 2.28. The summed E-state index contributed by atoms with van der Waals surface area (Å²) in [5.74, 6) is 0.663. The number of nitrogens with zero attached hydrogens (tertiary/aromatic N) is 4. The van der Waals surface area contributed by atoms with Crippen LogP contribution < -0.4 is 4.90 Å². The molecule has 1 aliphatic rings. The van der Waals surface area contributed by atoms with Gasteiger partial charge in [0.15, 0.2) is 0 Å². The van der Waals surface area contributed by atoms with Gasteiger partial charge in [-0.3, -0.25) is 4.79 Å². The first-order valence-corrected chi connectivity index (χ1v) is 9.08. The van der Waals surface area contributed by atoms with Crippen LogP contribution >= 0.6 is 0 Å². The first-order valence-electron chi connectivity index (χ1n) is 9.08. The zero-order valence-electron chi connectivity index (χ0n) is 15.9. The van der Waals surface area contributed by atoms with Crippen molar-refractivity contribution in [3.8, 4) is 0 Å². The minimum Gasteiger partial charge on any atom is -0.358 e. The summed E-state index contributed by atoms with van der Waals surface area (Å²) >= 11 is 0. The van der Waals surface area contributed by atoms with Gasteiger partial charge in [0, 0.05) is 79.8 Å². The lowest BCUT2D eigenvalue weighted by molar-refractivity contribution is -0.126. The molecule has 1 aliphatic heterocycles. The molecule has 3 heterocycles. The Bertz CT molecular complexity index is 1020. The van der Waals surface area contributed by atoms with Gasteiger partial charge >= 0.3 is 0 Å². The number of carbonyl (C=O) groups excluding carboxylic acids is 1. The summed E-state index contributed by atoms with van der Waals surface area (Å²) in [4.78, 5) is 28.4. The number of anilines is 1. The predicted molar refractivity (Wildman–Crippen MR) is 108 cm³/mol. The van der Waals surface area contributed by atoms with Crippen LogP contribution in [0.4, 0.5) is 5.95 Å². The molecule has 0 saturated heterocycles. The third kappa shape index (κ3) is 3.43. The summed E-state index contributed by atoms with van der Waals surface area (Å²) in [6.45, 7) is 3.45. The van der Waals surface area contributed by atoms with Crippen LogP contribution in [-0.2, 0) is 17.8 Å². The van der Waals surface area contributed by atoms with Crippen LogP contribution in [-0.4, -0.2) is 46.4 Å². The molecule has 3 aromatic rings. The lowest BCUT2D eigenvalue weighted by Gasteiger charge is -2.26. The molecule has 0 unspecified atom stereocenters. The van der Waals surface area contributed by atoms with Crippen LogP contribution in [0.25, 0.3) is 17.0 Å². The summed E-state index contributed by atoms with van der Waals surface area (Å²) in [6.07, 6.45) is 7.69. The van der Waals surface area contributed by atoms with Gasteiger partial charge in [-0.1, -0.05) is 11.6 Å². The predicted octanol–water partition coefficient (Wildman–Crippen LogP) is 2.93. The van der Waals surface area contributed by atoms with Crippen LogP contribution in [0.15, 0.2) is 36.7 Å². The van der Waals surface area contributed by atoms with Crippen LogP contribution in [0.2, 0.25) is 0 Å². The second-order valence-electron chi connectivity index (χ2n) is 7.19. The van der Waals surface area contributed by atoms with E-state index in [0.29, 0.717) is 12.5 Å². The van der Waals surface area contributed by atoms with Gasteiger partial charge in [-0.2, -0.15) is 0 Å². The van der Waals surface area contributed by atoms with Gasteiger partial charge in [0.05, 0.1) is 0 Å². The molecule has 0 bridgehead atoms. The largest absolute Gasteiger partial charge is 0.358 e. The topological polar surface area (TPSA) is 65.1 Å². The van der Waals surface area contributed by atoms with Crippen LogP contribution in [0, 0.1) is 6.92 Å². The third-order valence-electron chi connectivity index (χ3n) is 4.92. The van der Waals surface area contributed by atoms with Crippen molar-refractivity contribution in [2.45, 2.75) is 19.9 Å². The number of hydrogen-bond donors (Lipinski definition) is 1. The number of nitrogens with one attached hydrogen (secondary N) is 1. The van der Waals surface area contributed by atoms with Crippen molar-refractivity contribution >= 4 is 28.8 Å². The fourth-order valence-corrected chi connectivity index (χ4v) is 3.44. The maximum Gasteiger partial charge on any atom is 0.246 e. The highest BCUT2D eigenvalue weighted by Gasteiger charge is 2.22. The highest BCUT2D eigenvalue weighted by atomic mass is 16.2. The smallest absolute Gasteiger partial charge is 0.246 e. The number of carbonyl (C=O) groups is 1. The summed E-state index contributed by atoms with van der Waals surface area (Å²) in [5, 5.41) is 1.22. The normalized spacial score (nSPS) is 14.0. The summed E-state index contributed by atoms with van der Waals surface area (Å²) < 4.78 is 0. The fraction of sp³-hybridized carbons (Fsp3) is 0.286. The number of benzene rings is 1. The number of aryl methyl sites for hydroxylation is 1. The van der Waals surface area contributed by atoms with E-state index in [2.05, 4.69) is 40.1 Å². The van der Waals surface area contributed by atoms with E-state index in [1.165, 1.54) is 22.2 Å². The van der Waals surface area contributed by atoms with E-state index in [1.807, 2.05) is 23.9 Å². The molecule has 0 radical (unpaired) electrons. The van der Waals surface area contributed by atoms with E-state index in [0.717, 1.165) is 24.0 Å². The molecular weight excluding hydrogens is 338 g/mol. The molecule has 2 aromatic heterocycles. The molecule has 1 amide bonds. The Kier molecular flexibility index (Phi) is 4.39. The first kappa shape index (κ1) is 17.3. The van der Waals surface area contributed by atoms with Crippen molar-refractivity contribution in [1.29, 1.82) is 0 Å². The van der Waals surface area contributed by atoms with Gasteiger partial charge in [-0.05, 0) is 25.1 Å². The van der Waals surface area contributed by atoms with Crippen LogP contribution in [0.1, 0.15) is 22.4 Å². The zero-order valence-corrected chi connectivity index (χ0v) is 15.9. The van der Waals surface area contributed by atoms with Gasteiger partial charge in [-0.25, -0.2) is 9.97 Å². The molecule has 0 spiro atoms. The van der Waals surface area contributed by atoms with Crippen molar-refractivity contribution in [1.82, 2.24) is 19.9 Å².